The minimum atomic E-state index is -0.518. The summed E-state index contributed by atoms with van der Waals surface area (Å²) in [5.74, 6) is 1.07. The van der Waals surface area contributed by atoms with Gasteiger partial charge in [0.25, 0.3) is 5.95 Å². The highest BCUT2D eigenvalue weighted by Crippen LogP contribution is 2.28. The Balaban J connectivity index is 1.87. The molecule has 1 aromatic heterocycles. The van der Waals surface area contributed by atoms with E-state index in [1.807, 2.05) is 0 Å². The van der Waals surface area contributed by atoms with Crippen molar-refractivity contribution in [3.63, 3.8) is 0 Å². The van der Waals surface area contributed by atoms with Gasteiger partial charge in [-0.25, -0.2) is 0 Å². The molecule has 21 heavy (non-hydrogen) atoms. The average Bonchev–Trinajstić information content (AvgIpc) is 2.93. The second-order valence-electron chi connectivity index (χ2n) is 3.93. The van der Waals surface area contributed by atoms with E-state index in [9.17, 15) is 10.1 Å². The number of H-pyrrole nitrogens is 1. The number of nitrogens with one attached hydrogen (secondary N) is 2. The Kier molecular flexibility index (Phi) is 5.35. The van der Waals surface area contributed by atoms with Crippen molar-refractivity contribution in [1.82, 2.24) is 15.2 Å². The molecule has 0 fully saturated rings. The number of nitro benzene ring substituents is 1. The van der Waals surface area contributed by atoms with Crippen molar-refractivity contribution < 1.29 is 14.2 Å². The molecule has 1 heterocycles. The third kappa shape index (κ3) is 4.33. The molecule has 0 aliphatic carbocycles. The molecule has 0 bridgehead atoms. The highest BCUT2D eigenvalue weighted by atomic mass is 32.2. The normalized spacial score (nSPS) is 10.3. The first-order valence-corrected chi connectivity index (χ1v) is 6.80. The van der Waals surface area contributed by atoms with Crippen LogP contribution < -0.4 is 8.91 Å². The van der Waals surface area contributed by atoms with Crippen molar-refractivity contribution >= 4 is 23.9 Å². The molecule has 2 rings (SSSR count). The molecule has 2 aromatic rings. The molecule has 1 aromatic carbocycles. The summed E-state index contributed by atoms with van der Waals surface area (Å²) in [6.07, 6.45) is 1.18. The first-order chi connectivity index (χ1) is 10.2. The van der Waals surface area contributed by atoms with Gasteiger partial charge in [-0.2, -0.15) is 4.98 Å². The van der Waals surface area contributed by atoms with Crippen LogP contribution in [0.4, 0.5) is 11.6 Å². The zero-order valence-electron chi connectivity index (χ0n) is 10.9. The van der Waals surface area contributed by atoms with E-state index < -0.39 is 4.92 Å². The Hall–Kier alpha value is -2.33. The lowest BCUT2D eigenvalue weighted by Gasteiger charge is -2.03. The average molecular weight is 311 g/mol. The summed E-state index contributed by atoms with van der Waals surface area (Å²) in [5, 5.41) is 26.1. The minimum absolute atomic E-state index is 0.0823. The maximum atomic E-state index is 10.8. The molecule has 112 valence electrons. The van der Waals surface area contributed by atoms with Gasteiger partial charge in [-0.3, -0.25) is 19.9 Å². The molecule has 0 aliphatic rings. The fourth-order valence-electron chi connectivity index (χ4n) is 1.48. The highest BCUT2D eigenvalue weighted by molar-refractivity contribution is 7.96. The van der Waals surface area contributed by atoms with Crippen LogP contribution in [-0.2, 0) is 6.42 Å². The number of aromatic amines is 1. The molecular formula is C11H13N5O4S. The van der Waals surface area contributed by atoms with Crippen LogP contribution in [-0.4, -0.2) is 31.8 Å². The molecule has 10 heteroatoms. The van der Waals surface area contributed by atoms with Gasteiger partial charge in [-0.1, -0.05) is 12.1 Å². The smallest absolute Gasteiger partial charge is 0.312 e. The van der Waals surface area contributed by atoms with Crippen molar-refractivity contribution in [2.24, 2.45) is 0 Å². The van der Waals surface area contributed by atoms with E-state index in [1.54, 1.807) is 12.1 Å². The number of hydrogen-bond donors (Lipinski definition) is 3. The number of aliphatic hydroxyl groups excluding tert-OH is 1. The predicted octanol–water partition coefficient (Wildman–Crippen LogP) is 1.69. The predicted molar refractivity (Wildman–Crippen MR) is 76.7 cm³/mol. The number of hydrogen-bond acceptors (Lipinski definition) is 8. The number of aliphatic hydroxyl groups is 1. The summed E-state index contributed by atoms with van der Waals surface area (Å²) in [4.78, 5) is 14.4. The topological polar surface area (TPSA) is 126 Å². The van der Waals surface area contributed by atoms with Crippen molar-refractivity contribution in [2.45, 2.75) is 12.8 Å². The maximum absolute atomic E-state index is 10.8. The fraction of sp³-hybridized carbons (Fsp3) is 0.273. The van der Waals surface area contributed by atoms with Gasteiger partial charge in [0.05, 0.1) is 4.92 Å². The Morgan fingerprint density at radius 1 is 1.48 bits per heavy atom. The van der Waals surface area contributed by atoms with Gasteiger partial charge >= 0.3 is 5.69 Å². The maximum Gasteiger partial charge on any atom is 0.312 e. The van der Waals surface area contributed by atoms with Crippen LogP contribution in [0.3, 0.4) is 0 Å². The van der Waals surface area contributed by atoms with Crippen molar-refractivity contribution in [3.8, 4) is 5.75 Å². The zero-order chi connectivity index (χ0) is 15.1. The number of anilines is 1. The van der Waals surface area contributed by atoms with Gasteiger partial charge < -0.3 is 9.29 Å². The molecule has 3 N–H and O–H groups in total. The van der Waals surface area contributed by atoms with E-state index in [-0.39, 0.29) is 18.0 Å². The van der Waals surface area contributed by atoms with Crippen LogP contribution in [0, 0.1) is 10.1 Å². The first kappa shape index (κ1) is 15.1. The molecule has 9 nitrogen and oxygen atoms in total. The van der Waals surface area contributed by atoms with E-state index in [2.05, 4.69) is 19.9 Å². The largest absolute Gasteiger partial charge is 0.398 e. The van der Waals surface area contributed by atoms with Crippen LogP contribution in [0.1, 0.15) is 12.2 Å². The van der Waals surface area contributed by atoms with E-state index >= 15 is 0 Å². The minimum Gasteiger partial charge on any atom is -0.398 e. The summed E-state index contributed by atoms with van der Waals surface area (Å²) in [5.41, 5.74) is -0.120. The fourth-order valence-corrected chi connectivity index (χ4v) is 1.92. The van der Waals surface area contributed by atoms with E-state index in [4.69, 9.17) is 9.29 Å². The summed E-state index contributed by atoms with van der Waals surface area (Å²) < 4.78 is 7.93. The van der Waals surface area contributed by atoms with Gasteiger partial charge in [0.2, 0.25) is 5.75 Å². The van der Waals surface area contributed by atoms with Crippen LogP contribution in [0.5, 0.6) is 5.75 Å². The Bertz CT molecular complexity index is 606. The third-order valence-electron chi connectivity index (χ3n) is 2.43. The molecule has 0 radical (unpaired) electrons. The molecule has 0 saturated heterocycles. The van der Waals surface area contributed by atoms with Crippen molar-refractivity contribution in [1.29, 1.82) is 0 Å². The monoisotopic (exact) mass is 311 g/mol. The van der Waals surface area contributed by atoms with Crippen LogP contribution in [0.15, 0.2) is 24.3 Å². The summed E-state index contributed by atoms with van der Waals surface area (Å²) in [6, 6.07) is 6.06. The number of rotatable bonds is 8. The van der Waals surface area contributed by atoms with Gasteiger partial charge in [-0.05, 0) is 12.5 Å². The molecular weight excluding hydrogens is 298 g/mol. The summed E-state index contributed by atoms with van der Waals surface area (Å²) >= 11 is 0.779. The molecule has 0 amide bonds. The van der Waals surface area contributed by atoms with E-state index in [0.717, 1.165) is 12.2 Å². The van der Waals surface area contributed by atoms with Gasteiger partial charge in [-0.15, -0.1) is 5.10 Å². The number of para-hydroxylation sites is 2. The third-order valence-corrected chi connectivity index (χ3v) is 2.96. The second kappa shape index (κ2) is 7.45. The number of aromatic nitrogens is 3. The van der Waals surface area contributed by atoms with Crippen LogP contribution in [0.25, 0.3) is 0 Å². The SMILES string of the molecule is O=[N+]([O-])c1ccccc1OSNc1n[nH]c(CCCO)n1. The van der Waals surface area contributed by atoms with Crippen molar-refractivity contribution in [2.75, 3.05) is 11.3 Å². The van der Waals surface area contributed by atoms with Gasteiger partial charge in [0, 0.05) is 19.1 Å². The standard InChI is InChI=1S/C11H13N5O4S/c17-7-3-6-10-12-11(14-13-10)15-21-20-9-5-2-1-4-8(9)16(18)19/h1-2,4-5,17H,3,6-7H2,(H2,12,13,14,15). The number of benzene rings is 1. The summed E-state index contributed by atoms with van der Waals surface area (Å²) in [6.45, 7) is 0.0823. The number of nitro groups is 1. The molecule has 0 atom stereocenters. The molecule has 0 unspecified atom stereocenters. The lowest BCUT2D eigenvalue weighted by Crippen LogP contribution is -1.96. The quantitative estimate of drug-likeness (QED) is 0.291. The van der Waals surface area contributed by atoms with Crippen molar-refractivity contribution in [3.05, 3.63) is 40.2 Å². The Morgan fingerprint density at radius 3 is 3.05 bits per heavy atom. The molecule has 0 spiro atoms. The second-order valence-corrected chi connectivity index (χ2v) is 4.46. The summed E-state index contributed by atoms with van der Waals surface area (Å²) in [7, 11) is 0. The highest BCUT2D eigenvalue weighted by Gasteiger charge is 2.14. The van der Waals surface area contributed by atoms with Gasteiger partial charge in [0.1, 0.15) is 5.82 Å². The molecule has 0 saturated carbocycles. The molecule has 0 aliphatic heterocycles. The number of nitrogens with zero attached hydrogens (tertiary/aromatic N) is 3. The zero-order valence-corrected chi connectivity index (χ0v) is 11.7. The lowest BCUT2D eigenvalue weighted by molar-refractivity contribution is -0.385. The van der Waals surface area contributed by atoms with Gasteiger partial charge in [0.15, 0.2) is 12.2 Å². The first-order valence-electron chi connectivity index (χ1n) is 6.06. The Morgan fingerprint density at radius 2 is 2.29 bits per heavy atom. The lowest BCUT2D eigenvalue weighted by atomic mass is 10.3. The number of aryl methyl sites for hydroxylation is 1. The van der Waals surface area contributed by atoms with Crippen LogP contribution in [0.2, 0.25) is 0 Å². The van der Waals surface area contributed by atoms with E-state index in [0.29, 0.717) is 24.6 Å². The Labute approximate surface area is 124 Å². The van der Waals surface area contributed by atoms with E-state index in [1.165, 1.54) is 12.1 Å². The van der Waals surface area contributed by atoms with Crippen LogP contribution >= 0.6 is 12.2 Å².